The van der Waals surface area contributed by atoms with E-state index < -0.39 is 4.92 Å². The molecule has 9 heteroatoms. The summed E-state index contributed by atoms with van der Waals surface area (Å²) in [7, 11) is 0. The van der Waals surface area contributed by atoms with Crippen molar-refractivity contribution in [3.63, 3.8) is 0 Å². The van der Waals surface area contributed by atoms with Crippen LogP contribution in [-0.2, 0) is 16.1 Å². The van der Waals surface area contributed by atoms with Gasteiger partial charge in [0.15, 0.2) is 0 Å². The zero-order valence-electron chi connectivity index (χ0n) is 14.1. The molecule has 3 rings (SSSR count). The number of hydrogen-bond acceptors (Lipinski definition) is 8. The molecule has 0 unspecified atom stereocenters. The molecular formula is C17H15N3O4S2. The summed E-state index contributed by atoms with van der Waals surface area (Å²) >= 11 is 2.93. The van der Waals surface area contributed by atoms with E-state index in [0.29, 0.717) is 5.56 Å². The van der Waals surface area contributed by atoms with Crippen molar-refractivity contribution in [2.45, 2.75) is 25.5 Å². The fourth-order valence-electron chi connectivity index (χ4n) is 2.31. The van der Waals surface area contributed by atoms with E-state index in [-0.39, 0.29) is 24.0 Å². The topological polar surface area (TPSA) is 95.2 Å². The Hall–Kier alpha value is -2.52. The number of rotatable bonds is 6. The van der Waals surface area contributed by atoms with E-state index in [1.807, 2.05) is 13.8 Å². The van der Waals surface area contributed by atoms with Gasteiger partial charge in [0.1, 0.15) is 22.8 Å². The summed E-state index contributed by atoms with van der Waals surface area (Å²) in [5.41, 5.74) is 1.83. The van der Waals surface area contributed by atoms with Gasteiger partial charge >= 0.3 is 5.97 Å². The number of nitrogens with zero attached hydrogens (tertiary/aromatic N) is 3. The number of ether oxygens (including phenoxy) is 1. The van der Waals surface area contributed by atoms with Crippen LogP contribution >= 0.6 is 23.1 Å². The Bertz CT molecular complexity index is 970. The molecular weight excluding hydrogens is 374 g/mol. The molecule has 0 N–H and O–H groups in total. The Balaban J connectivity index is 1.58. The summed E-state index contributed by atoms with van der Waals surface area (Å²) in [5.74, 6) is -0.238. The highest BCUT2D eigenvalue weighted by atomic mass is 32.2. The van der Waals surface area contributed by atoms with E-state index >= 15 is 0 Å². The molecule has 3 aromatic rings. The first-order chi connectivity index (χ1) is 12.5. The van der Waals surface area contributed by atoms with E-state index in [2.05, 4.69) is 9.97 Å². The number of carbonyl (C=O) groups is 1. The lowest BCUT2D eigenvalue weighted by Gasteiger charge is -2.05. The molecule has 0 bridgehead atoms. The number of carbonyl (C=O) groups excluding carboxylic acids is 1. The molecule has 0 saturated carbocycles. The summed E-state index contributed by atoms with van der Waals surface area (Å²) in [6.45, 7) is 4.14. The van der Waals surface area contributed by atoms with Crippen LogP contribution in [0.25, 0.3) is 10.2 Å². The molecule has 0 spiro atoms. The molecule has 0 aliphatic carbocycles. The van der Waals surface area contributed by atoms with Gasteiger partial charge in [0.2, 0.25) is 0 Å². The third kappa shape index (κ3) is 4.00. The van der Waals surface area contributed by atoms with Crippen LogP contribution in [0.3, 0.4) is 0 Å². The van der Waals surface area contributed by atoms with Gasteiger partial charge in [0, 0.05) is 22.4 Å². The first-order valence-electron chi connectivity index (χ1n) is 7.68. The molecule has 0 aliphatic heterocycles. The number of aryl methyl sites for hydroxylation is 2. The molecule has 26 heavy (non-hydrogen) atoms. The number of non-ortho nitro benzene ring substituents is 1. The van der Waals surface area contributed by atoms with Crippen LogP contribution in [0.2, 0.25) is 0 Å². The van der Waals surface area contributed by atoms with Gasteiger partial charge in [0.25, 0.3) is 5.69 Å². The summed E-state index contributed by atoms with van der Waals surface area (Å²) in [6, 6.07) is 5.92. The average Bonchev–Trinajstić information content (AvgIpc) is 2.93. The van der Waals surface area contributed by atoms with E-state index in [1.54, 1.807) is 23.5 Å². The van der Waals surface area contributed by atoms with Crippen LogP contribution < -0.4 is 0 Å². The number of hydrogen-bond donors (Lipinski definition) is 0. The van der Waals surface area contributed by atoms with Crippen LogP contribution in [0.5, 0.6) is 0 Å². The third-order valence-electron chi connectivity index (χ3n) is 3.80. The minimum absolute atomic E-state index is 0.00448. The standard InChI is InChI=1S/C17H15N3O4S2/c1-10-11(2)26-17-15(10)16(18-9-19-17)25-8-14(21)24-7-12-3-5-13(6-4-12)20(22)23/h3-6,9H,7-8H2,1-2H3. The molecule has 0 amide bonds. The minimum atomic E-state index is -0.469. The van der Waals surface area contributed by atoms with Gasteiger partial charge in [0.05, 0.1) is 10.7 Å². The van der Waals surface area contributed by atoms with Crippen molar-refractivity contribution in [3.05, 3.63) is 56.7 Å². The van der Waals surface area contributed by atoms with Crippen molar-refractivity contribution in [1.82, 2.24) is 9.97 Å². The Morgan fingerprint density at radius 1 is 1.27 bits per heavy atom. The predicted octanol–water partition coefficient (Wildman–Crippen LogP) is 4.05. The highest BCUT2D eigenvalue weighted by Crippen LogP contribution is 2.34. The number of aromatic nitrogens is 2. The zero-order valence-corrected chi connectivity index (χ0v) is 15.7. The van der Waals surface area contributed by atoms with E-state index in [1.165, 1.54) is 35.1 Å². The maximum absolute atomic E-state index is 12.0. The highest BCUT2D eigenvalue weighted by Gasteiger charge is 2.14. The van der Waals surface area contributed by atoms with Crippen molar-refractivity contribution in [2.24, 2.45) is 0 Å². The first-order valence-corrected chi connectivity index (χ1v) is 9.48. The fraction of sp³-hybridized carbons (Fsp3) is 0.235. The number of nitro benzene ring substituents is 1. The third-order valence-corrected chi connectivity index (χ3v) is 5.88. The van der Waals surface area contributed by atoms with Gasteiger partial charge in [-0.25, -0.2) is 9.97 Å². The van der Waals surface area contributed by atoms with Crippen molar-refractivity contribution < 1.29 is 14.5 Å². The molecule has 2 heterocycles. The van der Waals surface area contributed by atoms with Crippen molar-refractivity contribution in [2.75, 3.05) is 5.75 Å². The number of nitro groups is 1. The van der Waals surface area contributed by atoms with Gasteiger partial charge in [-0.3, -0.25) is 14.9 Å². The lowest BCUT2D eigenvalue weighted by Crippen LogP contribution is -2.07. The van der Waals surface area contributed by atoms with Crippen LogP contribution in [0, 0.1) is 24.0 Å². The van der Waals surface area contributed by atoms with Gasteiger partial charge in [-0.05, 0) is 37.1 Å². The maximum atomic E-state index is 12.0. The normalized spacial score (nSPS) is 10.8. The van der Waals surface area contributed by atoms with Gasteiger partial charge in [-0.15, -0.1) is 11.3 Å². The lowest BCUT2D eigenvalue weighted by molar-refractivity contribution is -0.384. The van der Waals surface area contributed by atoms with Crippen molar-refractivity contribution in [3.8, 4) is 0 Å². The van der Waals surface area contributed by atoms with Crippen LogP contribution in [0.4, 0.5) is 5.69 Å². The number of esters is 1. The molecule has 0 radical (unpaired) electrons. The first kappa shape index (κ1) is 18.3. The number of benzene rings is 1. The van der Waals surface area contributed by atoms with E-state index in [0.717, 1.165) is 20.8 Å². The quantitative estimate of drug-likeness (QED) is 0.206. The predicted molar refractivity (Wildman–Crippen MR) is 101 cm³/mol. The fourth-order valence-corrected chi connectivity index (χ4v) is 4.22. The Morgan fingerprint density at radius 3 is 2.69 bits per heavy atom. The molecule has 0 atom stereocenters. The summed E-state index contributed by atoms with van der Waals surface area (Å²) in [5, 5.41) is 12.4. The molecule has 7 nitrogen and oxygen atoms in total. The molecule has 0 fully saturated rings. The molecule has 134 valence electrons. The van der Waals surface area contributed by atoms with E-state index in [9.17, 15) is 14.9 Å². The maximum Gasteiger partial charge on any atom is 0.316 e. The van der Waals surface area contributed by atoms with Crippen molar-refractivity contribution >= 4 is 45.0 Å². The average molecular weight is 389 g/mol. The number of thioether (sulfide) groups is 1. The smallest absolute Gasteiger partial charge is 0.316 e. The second-order valence-electron chi connectivity index (χ2n) is 5.52. The van der Waals surface area contributed by atoms with Gasteiger partial charge < -0.3 is 4.74 Å². The summed E-state index contributed by atoms with van der Waals surface area (Å²) < 4.78 is 5.23. The van der Waals surface area contributed by atoms with Crippen LogP contribution in [-0.4, -0.2) is 26.6 Å². The largest absolute Gasteiger partial charge is 0.460 e. The van der Waals surface area contributed by atoms with Gasteiger partial charge in [-0.2, -0.15) is 0 Å². The summed E-state index contributed by atoms with van der Waals surface area (Å²) in [4.78, 5) is 32.8. The van der Waals surface area contributed by atoms with Crippen molar-refractivity contribution in [1.29, 1.82) is 0 Å². The zero-order chi connectivity index (χ0) is 18.7. The minimum Gasteiger partial charge on any atom is -0.460 e. The van der Waals surface area contributed by atoms with E-state index in [4.69, 9.17) is 4.74 Å². The Morgan fingerprint density at radius 2 is 2.00 bits per heavy atom. The molecule has 2 aromatic heterocycles. The highest BCUT2D eigenvalue weighted by molar-refractivity contribution is 8.00. The molecule has 1 aromatic carbocycles. The van der Waals surface area contributed by atoms with Gasteiger partial charge in [-0.1, -0.05) is 11.8 Å². The SMILES string of the molecule is Cc1sc2ncnc(SCC(=O)OCc3ccc([N+](=O)[O-])cc3)c2c1C. The second-order valence-corrected chi connectivity index (χ2v) is 7.68. The summed E-state index contributed by atoms with van der Waals surface area (Å²) in [6.07, 6.45) is 1.50. The van der Waals surface area contributed by atoms with Crippen LogP contribution in [0.15, 0.2) is 35.6 Å². The number of fused-ring (bicyclic) bond motifs is 1. The number of thiophene rings is 1. The Kier molecular flexibility index (Phi) is 5.48. The molecule has 0 saturated heterocycles. The Labute approximate surface area is 157 Å². The van der Waals surface area contributed by atoms with Crippen LogP contribution in [0.1, 0.15) is 16.0 Å². The lowest BCUT2D eigenvalue weighted by atomic mass is 10.2. The second kappa shape index (κ2) is 7.79. The molecule has 0 aliphatic rings. The monoisotopic (exact) mass is 389 g/mol.